The van der Waals surface area contributed by atoms with E-state index in [9.17, 15) is 4.79 Å². The summed E-state index contributed by atoms with van der Waals surface area (Å²) in [5.74, 6) is 0.180. The molecule has 5 nitrogen and oxygen atoms in total. The summed E-state index contributed by atoms with van der Waals surface area (Å²) in [4.78, 5) is 19.7. The number of carbonyl (C=O) groups is 1. The Morgan fingerprint density at radius 2 is 1.80 bits per heavy atom. The molecule has 0 radical (unpaired) electrons. The Balaban J connectivity index is 1.92. The standard InChI is InChI=1S/C15H17N3O2/c1-10-4-11(2)6-13(5-10)18-14(19)8-20-15-7-12(3)16-9-17-15/h4-7,9H,8H2,1-3H3,(H,18,19). The molecule has 20 heavy (non-hydrogen) atoms. The number of hydrogen-bond acceptors (Lipinski definition) is 4. The Hall–Kier alpha value is -2.43. The molecule has 0 aliphatic rings. The maximum Gasteiger partial charge on any atom is 0.262 e. The summed E-state index contributed by atoms with van der Waals surface area (Å²) in [5, 5.41) is 2.80. The number of aryl methyl sites for hydroxylation is 3. The molecule has 2 aromatic rings. The SMILES string of the molecule is Cc1cc(C)cc(NC(=O)COc2cc(C)ncn2)c1. The maximum absolute atomic E-state index is 11.8. The lowest BCUT2D eigenvalue weighted by Crippen LogP contribution is -2.20. The predicted octanol–water partition coefficient (Wildman–Crippen LogP) is 2.42. The summed E-state index contributed by atoms with van der Waals surface area (Å²) in [6.07, 6.45) is 1.41. The smallest absolute Gasteiger partial charge is 0.262 e. The highest BCUT2D eigenvalue weighted by atomic mass is 16.5. The molecule has 5 heteroatoms. The van der Waals surface area contributed by atoms with E-state index >= 15 is 0 Å². The Labute approximate surface area is 118 Å². The minimum atomic E-state index is -0.216. The highest BCUT2D eigenvalue weighted by Gasteiger charge is 2.05. The van der Waals surface area contributed by atoms with E-state index in [0.717, 1.165) is 22.5 Å². The van der Waals surface area contributed by atoms with Gasteiger partial charge in [-0.05, 0) is 44.0 Å². The van der Waals surface area contributed by atoms with Gasteiger partial charge in [-0.3, -0.25) is 4.79 Å². The molecule has 0 aliphatic heterocycles. The quantitative estimate of drug-likeness (QED) is 0.927. The van der Waals surface area contributed by atoms with Crippen LogP contribution in [-0.4, -0.2) is 22.5 Å². The molecule has 1 aromatic carbocycles. The van der Waals surface area contributed by atoms with E-state index in [-0.39, 0.29) is 12.5 Å². The second-order valence-electron chi connectivity index (χ2n) is 4.71. The number of anilines is 1. The lowest BCUT2D eigenvalue weighted by molar-refractivity contribution is -0.118. The van der Waals surface area contributed by atoms with Gasteiger partial charge in [0.05, 0.1) is 0 Å². The third kappa shape index (κ3) is 4.05. The Morgan fingerprint density at radius 1 is 1.10 bits per heavy atom. The van der Waals surface area contributed by atoms with Gasteiger partial charge in [0.15, 0.2) is 6.61 Å². The van der Waals surface area contributed by atoms with Crippen molar-refractivity contribution in [2.24, 2.45) is 0 Å². The average Bonchev–Trinajstić information content (AvgIpc) is 2.35. The Morgan fingerprint density at radius 3 is 2.45 bits per heavy atom. The number of nitrogens with one attached hydrogen (secondary N) is 1. The van der Waals surface area contributed by atoms with Crippen LogP contribution in [0, 0.1) is 20.8 Å². The number of carbonyl (C=O) groups excluding carboxylic acids is 1. The first kappa shape index (κ1) is 14.0. The van der Waals surface area contributed by atoms with Crippen LogP contribution in [0.15, 0.2) is 30.6 Å². The fourth-order valence-electron chi connectivity index (χ4n) is 1.89. The van der Waals surface area contributed by atoms with E-state index in [1.165, 1.54) is 6.33 Å². The van der Waals surface area contributed by atoms with Crippen LogP contribution in [-0.2, 0) is 4.79 Å². The molecular weight excluding hydrogens is 254 g/mol. The van der Waals surface area contributed by atoms with E-state index < -0.39 is 0 Å². The first-order valence-corrected chi connectivity index (χ1v) is 6.32. The monoisotopic (exact) mass is 271 g/mol. The lowest BCUT2D eigenvalue weighted by Gasteiger charge is -2.08. The van der Waals surface area contributed by atoms with Crippen molar-refractivity contribution in [3.05, 3.63) is 47.4 Å². The zero-order valence-electron chi connectivity index (χ0n) is 11.8. The van der Waals surface area contributed by atoms with Crippen molar-refractivity contribution < 1.29 is 9.53 Å². The van der Waals surface area contributed by atoms with Crippen molar-refractivity contribution in [1.29, 1.82) is 0 Å². The van der Waals surface area contributed by atoms with Crippen LogP contribution >= 0.6 is 0 Å². The number of amides is 1. The van der Waals surface area contributed by atoms with Gasteiger partial charge in [0, 0.05) is 17.4 Å². The maximum atomic E-state index is 11.8. The van der Waals surface area contributed by atoms with E-state index in [1.807, 2.05) is 32.9 Å². The average molecular weight is 271 g/mol. The molecule has 104 valence electrons. The number of nitrogens with zero attached hydrogens (tertiary/aromatic N) is 2. The topological polar surface area (TPSA) is 64.1 Å². The molecule has 0 bridgehead atoms. The van der Waals surface area contributed by atoms with Crippen molar-refractivity contribution in [2.45, 2.75) is 20.8 Å². The van der Waals surface area contributed by atoms with Crippen LogP contribution in [0.2, 0.25) is 0 Å². The molecule has 0 fully saturated rings. The lowest BCUT2D eigenvalue weighted by atomic mass is 10.1. The fourth-order valence-corrected chi connectivity index (χ4v) is 1.89. The minimum absolute atomic E-state index is 0.0799. The largest absolute Gasteiger partial charge is 0.467 e. The molecule has 0 spiro atoms. The highest BCUT2D eigenvalue weighted by Crippen LogP contribution is 2.13. The molecule has 1 heterocycles. The molecule has 1 aromatic heterocycles. The molecular formula is C15H17N3O2. The first-order valence-electron chi connectivity index (χ1n) is 6.32. The van der Waals surface area contributed by atoms with Crippen LogP contribution < -0.4 is 10.1 Å². The van der Waals surface area contributed by atoms with Gasteiger partial charge in [0.1, 0.15) is 6.33 Å². The molecule has 0 atom stereocenters. The highest BCUT2D eigenvalue weighted by molar-refractivity contribution is 5.92. The number of ether oxygens (including phenoxy) is 1. The minimum Gasteiger partial charge on any atom is -0.467 e. The van der Waals surface area contributed by atoms with Gasteiger partial charge in [-0.25, -0.2) is 9.97 Å². The van der Waals surface area contributed by atoms with Gasteiger partial charge < -0.3 is 10.1 Å². The number of rotatable bonds is 4. The zero-order valence-corrected chi connectivity index (χ0v) is 11.8. The van der Waals surface area contributed by atoms with Crippen molar-refractivity contribution in [3.63, 3.8) is 0 Å². The van der Waals surface area contributed by atoms with E-state index in [0.29, 0.717) is 5.88 Å². The van der Waals surface area contributed by atoms with Gasteiger partial charge in [-0.15, -0.1) is 0 Å². The molecule has 0 unspecified atom stereocenters. The van der Waals surface area contributed by atoms with Crippen LogP contribution in [0.4, 0.5) is 5.69 Å². The van der Waals surface area contributed by atoms with Gasteiger partial charge in [-0.1, -0.05) is 6.07 Å². The van der Waals surface area contributed by atoms with Gasteiger partial charge >= 0.3 is 0 Å². The number of hydrogen-bond donors (Lipinski definition) is 1. The normalized spacial score (nSPS) is 10.2. The molecule has 0 aliphatic carbocycles. The van der Waals surface area contributed by atoms with Crippen molar-refractivity contribution >= 4 is 11.6 Å². The van der Waals surface area contributed by atoms with E-state index in [4.69, 9.17) is 4.74 Å². The molecule has 0 saturated carbocycles. The van der Waals surface area contributed by atoms with E-state index in [2.05, 4.69) is 21.4 Å². The Bertz CT molecular complexity index is 606. The zero-order chi connectivity index (χ0) is 14.5. The van der Waals surface area contributed by atoms with Crippen molar-refractivity contribution in [3.8, 4) is 5.88 Å². The number of benzene rings is 1. The van der Waals surface area contributed by atoms with Gasteiger partial charge in [-0.2, -0.15) is 0 Å². The van der Waals surface area contributed by atoms with Crippen LogP contribution in [0.5, 0.6) is 5.88 Å². The first-order chi connectivity index (χ1) is 9.52. The third-order valence-corrected chi connectivity index (χ3v) is 2.64. The van der Waals surface area contributed by atoms with Crippen molar-refractivity contribution in [2.75, 3.05) is 11.9 Å². The molecule has 2 rings (SSSR count). The van der Waals surface area contributed by atoms with Crippen LogP contribution in [0.25, 0.3) is 0 Å². The third-order valence-electron chi connectivity index (χ3n) is 2.64. The summed E-state index contributed by atoms with van der Waals surface area (Å²) < 4.78 is 5.32. The number of aromatic nitrogens is 2. The second-order valence-corrected chi connectivity index (χ2v) is 4.71. The van der Waals surface area contributed by atoms with Gasteiger partial charge in [0.2, 0.25) is 5.88 Å². The summed E-state index contributed by atoms with van der Waals surface area (Å²) in [5.41, 5.74) is 3.78. The molecule has 0 saturated heterocycles. The fraction of sp³-hybridized carbons (Fsp3) is 0.267. The van der Waals surface area contributed by atoms with Crippen molar-refractivity contribution in [1.82, 2.24) is 9.97 Å². The molecule has 1 amide bonds. The van der Waals surface area contributed by atoms with Gasteiger partial charge in [0.25, 0.3) is 5.91 Å². The predicted molar refractivity (Wildman–Crippen MR) is 76.8 cm³/mol. The summed E-state index contributed by atoms with van der Waals surface area (Å²) in [7, 11) is 0. The Kier molecular flexibility index (Phi) is 4.30. The molecule has 1 N–H and O–H groups in total. The van der Waals surface area contributed by atoms with Crippen LogP contribution in [0.3, 0.4) is 0 Å². The summed E-state index contributed by atoms with van der Waals surface area (Å²) in [6, 6.07) is 7.57. The summed E-state index contributed by atoms with van der Waals surface area (Å²) in [6.45, 7) is 5.74. The van der Waals surface area contributed by atoms with Crippen LogP contribution in [0.1, 0.15) is 16.8 Å². The second kappa shape index (κ2) is 6.14. The van der Waals surface area contributed by atoms with E-state index in [1.54, 1.807) is 6.07 Å². The summed E-state index contributed by atoms with van der Waals surface area (Å²) >= 11 is 0.